The molecule has 2 fully saturated rings. The van der Waals surface area contributed by atoms with Crippen LogP contribution in [0.15, 0.2) is 6.33 Å². The molecule has 2 atom stereocenters. The van der Waals surface area contributed by atoms with E-state index in [1.807, 2.05) is 0 Å². The molecule has 2 N–H and O–H groups in total. The van der Waals surface area contributed by atoms with Crippen molar-refractivity contribution in [2.45, 2.75) is 25.3 Å². The largest absolute Gasteiger partial charge is 0.382 e. The summed E-state index contributed by atoms with van der Waals surface area (Å²) in [6.07, 6.45) is 5.37. The molecule has 1 aromatic rings. The first-order valence-corrected chi connectivity index (χ1v) is 5.66. The van der Waals surface area contributed by atoms with Crippen LogP contribution in [-0.2, 0) is 0 Å². The van der Waals surface area contributed by atoms with E-state index < -0.39 is 0 Å². The first-order chi connectivity index (χ1) is 7.25. The maximum absolute atomic E-state index is 6.12. The van der Waals surface area contributed by atoms with E-state index in [0.717, 1.165) is 18.3 Å². The summed E-state index contributed by atoms with van der Waals surface area (Å²) < 4.78 is 0. The third-order valence-corrected chi connectivity index (χ3v) is 3.84. The minimum absolute atomic E-state index is 0.379. The van der Waals surface area contributed by atoms with Gasteiger partial charge in [0.1, 0.15) is 17.2 Å². The van der Waals surface area contributed by atoms with Crippen LogP contribution < -0.4 is 10.6 Å². The summed E-state index contributed by atoms with van der Waals surface area (Å²) in [6.45, 7) is 1.07. The third-order valence-electron chi connectivity index (χ3n) is 3.48. The van der Waals surface area contributed by atoms with Gasteiger partial charge in [-0.3, -0.25) is 0 Å². The van der Waals surface area contributed by atoms with E-state index in [0.29, 0.717) is 16.9 Å². The fourth-order valence-corrected chi connectivity index (χ4v) is 2.96. The van der Waals surface area contributed by atoms with Gasteiger partial charge in [0.05, 0.1) is 0 Å². The van der Waals surface area contributed by atoms with Crippen LogP contribution in [0.25, 0.3) is 0 Å². The Balaban J connectivity index is 1.96. The lowest BCUT2D eigenvalue weighted by atomic mass is 10.1. The number of nitrogens with zero attached hydrogens (tertiary/aromatic N) is 3. The van der Waals surface area contributed by atoms with E-state index in [9.17, 15) is 0 Å². The summed E-state index contributed by atoms with van der Waals surface area (Å²) in [6, 6.07) is 0.613. The van der Waals surface area contributed by atoms with E-state index in [4.69, 9.17) is 17.3 Å². The second kappa shape index (κ2) is 3.23. The highest BCUT2D eigenvalue weighted by Gasteiger charge is 2.39. The smallest absolute Gasteiger partial charge is 0.153 e. The molecule has 1 aliphatic heterocycles. The highest BCUT2D eigenvalue weighted by Crippen LogP contribution is 2.41. The Labute approximate surface area is 93.5 Å². The van der Waals surface area contributed by atoms with Crippen LogP contribution in [0.1, 0.15) is 19.3 Å². The Morgan fingerprint density at radius 1 is 1.40 bits per heavy atom. The van der Waals surface area contributed by atoms with Gasteiger partial charge in [0.15, 0.2) is 5.82 Å². The maximum atomic E-state index is 6.12. The molecule has 1 saturated carbocycles. The van der Waals surface area contributed by atoms with Gasteiger partial charge in [-0.2, -0.15) is 0 Å². The Bertz CT molecular complexity index is 395. The summed E-state index contributed by atoms with van der Waals surface area (Å²) in [4.78, 5) is 10.4. The fraction of sp³-hybridized carbons (Fsp3) is 0.600. The molecule has 5 heteroatoms. The average molecular weight is 225 g/mol. The van der Waals surface area contributed by atoms with Gasteiger partial charge >= 0.3 is 0 Å². The number of halogens is 1. The van der Waals surface area contributed by atoms with Crippen LogP contribution in [0.4, 0.5) is 11.6 Å². The number of piperidine rings is 1. The number of aromatic nitrogens is 2. The SMILES string of the molecule is Nc1ncnc(N2CC3CCC2C3)c1Cl. The van der Waals surface area contributed by atoms with Crippen molar-refractivity contribution in [3.05, 3.63) is 11.3 Å². The van der Waals surface area contributed by atoms with Gasteiger partial charge in [0, 0.05) is 12.6 Å². The Hall–Kier alpha value is -1.03. The van der Waals surface area contributed by atoms with Gasteiger partial charge in [-0.25, -0.2) is 9.97 Å². The molecule has 0 spiro atoms. The molecule has 2 aliphatic rings. The molecular formula is C10H13ClN4. The maximum Gasteiger partial charge on any atom is 0.153 e. The topological polar surface area (TPSA) is 55.0 Å². The summed E-state index contributed by atoms with van der Waals surface area (Å²) in [5.41, 5.74) is 5.68. The van der Waals surface area contributed by atoms with Crippen LogP contribution in [0.2, 0.25) is 5.02 Å². The number of rotatable bonds is 1. The van der Waals surface area contributed by atoms with Crippen molar-refractivity contribution in [3.8, 4) is 0 Å². The standard InChI is InChI=1S/C10H13ClN4/c11-8-9(12)13-5-14-10(8)15-4-6-1-2-7(15)3-6/h5-7H,1-4H2,(H2,12,13,14). The second-order valence-electron chi connectivity index (χ2n) is 4.38. The molecule has 1 aliphatic carbocycles. The Morgan fingerprint density at radius 2 is 2.27 bits per heavy atom. The lowest BCUT2D eigenvalue weighted by Gasteiger charge is -2.28. The van der Waals surface area contributed by atoms with Crippen molar-refractivity contribution in [1.29, 1.82) is 0 Å². The molecule has 2 bridgehead atoms. The average Bonchev–Trinajstić information content (AvgIpc) is 2.83. The number of hydrogen-bond donors (Lipinski definition) is 1. The summed E-state index contributed by atoms with van der Waals surface area (Å²) in [5, 5.41) is 0.505. The van der Waals surface area contributed by atoms with Gasteiger partial charge in [0.2, 0.25) is 0 Å². The first kappa shape index (κ1) is 9.21. The molecule has 4 nitrogen and oxygen atoms in total. The predicted octanol–water partition coefficient (Wildman–Crippen LogP) is 1.70. The first-order valence-electron chi connectivity index (χ1n) is 5.28. The minimum Gasteiger partial charge on any atom is -0.382 e. The van der Waals surface area contributed by atoms with Gasteiger partial charge in [-0.15, -0.1) is 0 Å². The fourth-order valence-electron chi connectivity index (χ4n) is 2.76. The van der Waals surface area contributed by atoms with Crippen molar-refractivity contribution in [2.24, 2.45) is 5.92 Å². The van der Waals surface area contributed by atoms with E-state index in [-0.39, 0.29) is 0 Å². The molecule has 2 unspecified atom stereocenters. The van der Waals surface area contributed by atoms with Gasteiger partial charge in [-0.05, 0) is 25.2 Å². The molecule has 2 heterocycles. The zero-order valence-corrected chi connectivity index (χ0v) is 9.11. The van der Waals surface area contributed by atoms with Crippen molar-refractivity contribution in [3.63, 3.8) is 0 Å². The van der Waals surface area contributed by atoms with Crippen molar-refractivity contribution >= 4 is 23.2 Å². The highest BCUT2D eigenvalue weighted by molar-refractivity contribution is 6.35. The molecule has 0 amide bonds. The Morgan fingerprint density at radius 3 is 2.93 bits per heavy atom. The summed E-state index contributed by atoms with van der Waals surface area (Å²) in [5.74, 6) is 2.02. The van der Waals surface area contributed by atoms with E-state index in [1.165, 1.54) is 25.6 Å². The lowest BCUT2D eigenvalue weighted by molar-refractivity contribution is 0.550. The molecule has 0 aromatic carbocycles. The van der Waals surface area contributed by atoms with Crippen LogP contribution >= 0.6 is 11.6 Å². The minimum atomic E-state index is 0.379. The highest BCUT2D eigenvalue weighted by atomic mass is 35.5. The second-order valence-corrected chi connectivity index (χ2v) is 4.76. The van der Waals surface area contributed by atoms with E-state index >= 15 is 0 Å². The van der Waals surface area contributed by atoms with Crippen molar-refractivity contribution in [1.82, 2.24) is 9.97 Å². The molecular weight excluding hydrogens is 212 g/mol. The monoisotopic (exact) mass is 224 g/mol. The molecule has 0 radical (unpaired) electrons. The number of nitrogens with two attached hydrogens (primary N) is 1. The van der Waals surface area contributed by atoms with E-state index in [2.05, 4.69) is 14.9 Å². The zero-order valence-electron chi connectivity index (χ0n) is 8.36. The van der Waals surface area contributed by atoms with Crippen LogP contribution in [0.3, 0.4) is 0 Å². The zero-order chi connectivity index (χ0) is 10.4. The normalized spacial score (nSPS) is 28.7. The van der Waals surface area contributed by atoms with E-state index in [1.54, 1.807) is 0 Å². The van der Waals surface area contributed by atoms with Gasteiger partial charge < -0.3 is 10.6 Å². The molecule has 3 rings (SSSR count). The van der Waals surface area contributed by atoms with Crippen LogP contribution in [0.5, 0.6) is 0 Å². The number of nitrogen functional groups attached to an aromatic ring is 1. The number of anilines is 2. The molecule has 1 aromatic heterocycles. The number of fused-ring (bicyclic) bond motifs is 2. The van der Waals surface area contributed by atoms with Gasteiger partial charge in [0.25, 0.3) is 0 Å². The number of hydrogen-bond acceptors (Lipinski definition) is 4. The molecule has 15 heavy (non-hydrogen) atoms. The lowest BCUT2D eigenvalue weighted by Crippen LogP contribution is -2.33. The van der Waals surface area contributed by atoms with Crippen LogP contribution in [0, 0.1) is 5.92 Å². The van der Waals surface area contributed by atoms with Gasteiger partial charge in [-0.1, -0.05) is 11.6 Å². The summed E-state index contributed by atoms with van der Waals surface area (Å²) >= 11 is 6.12. The molecule has 80 valence electrons. The third kappa shape index (κ3) is 1.35. The van der Waals surface area contributed by atoms with Crippen molar-refractivity contribution in [2.75, 3.05) is 17.2 Å². The molecule has 1 saturated heterocycles. The summed E-state index contributed by atoms with van der Waals surface area (Å²) in [7, 11) is 0. The predicted molar refractivity (Wildman–Crippen MR) is 59.9 cm³/mol. The Kier molecular flexibility index (Phi) is 1.99. The van der Waals surface area contributed by atoms with Crippen LogP contribution in [-0.4, -0.2) is 22.6 Å². The van der Waals surface area contributed by atoms with Crippen molar-refractivity contribution < 1.29 is 0 Å². The quantitative estimate of drug-likeness (QED) is 0.789.